The summed E-state index contributed by atoms with van der Waals surface area (Å²) in [6, 6.07) is 6.36. The van der Waals surface area contributed by atoms with Crippen LogP contribution in [0.4, 0.5) is 0 Å². The van der Waals surface area contributed by atoms with Crippen LogP contribution in [-0.2, 0) is 13.5 Å². The van der Waals surface area contributed by atoms with Crippen LogP contribution in [0.25, 0.3) is 21.5 Å². The average molecular weight is 260 g/mol. The molecule has 0 unspecified atom stereocenters. The number of benzene rings is 1. The van der Waals surface area contributed by atoms with Gasteiger partial charge in [-0.15, -0.1) is 11.3 Å². The van der Waals surface area contributed by atoms with Gasteiger partial charge in [-0.05, 0) is 47.5 Å². The Kier molecular flexibility index (Phi) is 2.81. The Bertz CT molecular complexity index is 685. The number of tetrazole rings is 1. The lowest BCUT2D eigenvalue weighted by molar-refractivity contribution is -0.721. The minimum Gasteiger partial charge on any atom is -0.330 e. The number of aromatic amines is 1. The Hall–Kier alpha value is -1.79. The average Bonchev–Trinajstić information content (AvgIpc) is 2.96. The van der Waals surface area contributed by atoms with Gasteiger partial charge in [-0.25, -0.2) is 0 Å². The predicted octanol–water partition coefficient (Wildman–Crippen LogP) is 1.01. The van der Waals surface area contributed by atoms with Crippen molar-refractivity contribution in [2.75, 3.05) is 6.54 Å². The molecule has 0 radical (unpaired) electrons. The van der Waals surface area contributed by atoms with Gasteiger partial charge in [0.1, 0.15) is 5.10 Å². The van der Waals surface area contributed by atoms with Crippen LogP contribution < -0.4 is 10.4 Å². The molecular formula is C12H14N5S+. The number of nitrogens with zero attached hydrogens (tertiary/aromatic N) is 3. The topological polar surface area (TPSA) is 71.5 Å². The van der Waals surface area contributed by atoms with Crippen molar-refractivity contribution in [3.8, 4) is 11.4 Å². The van der Waals surface area contributed by atoms with E-state index in [4.69, 9.17) is 5.73 Å². The number of rotatable bonds is 3. The molecule has 2 heterocycles. The Labute approximate surface area is 108 Å². The first-order valence-corrected chi connectivity index (χ1v) is 6.65. The Morgan fingerprint density at radius 1 is 1.44 bits per heavy atom. The van der Waals surface area contributed by atoms with Crippen molar-refractivity contribution in [1.82, 2.24) is 15.5 Å². The van der Waals surface area contributed by atoms with Crippen molar-refractivity contribution < 1.29 is 4.68 Å². The summed E-state index contributed by atoms with van der Waals surface area (Å²) in [5.41, 5.74) is 8.02. The molecule has 3 aromatic rings. The molecule has 6 heteroatoms. The fraction of sp³-hybridized carbons (Fsp3) is 0.250. The van der Waals surface area contributed by atoms with E-state index in [0.717, 1.165) is 17.8 Å². The molecule has 18 heavy (non-hydrogen) atoms. The summed E-state index contributed by atoms with van der Waals surface area (Å²) in [6.45, 7) is 0.674. The molecule has 0 amide bonds. The molecule has 0 saturated heterocycles. The zero-order valence-corrected chi connectivity index (χ0v) is 10.9. The molecule has 0 aliphatic carbocycles. The van der Waals surface area contributed by atoms with Crippen molar-refractivity contribution in [2.45, 2.75) is 6.42 Å². The van der Waals surface area contributed by atoms with Crippen molar-refractivity contribution in [2.24, 2.45) is 12.8 Å². The SMILES string of the molecule is C[n+]1[nH]nnc1-c1ccc2scc(CCN)c2c1. The third-order valence-electron chi connectivity index (χ3n) is 2.98. The molecular weight excluding hydrogens is 246 g/mol. The minimum absolute atomic E-state index is 0.674. The van der Waals surface area contributed by atoms with Crippen molar-refractivity contribution >= 4 is 21.4 Å². The van der Waals surface area contributed by atoms with Crippen LogP contribution in [0.1, 0.15) is 5.56 Å². The predicted molar refractivity (Wildman–Crippen MR) is 71.1 cm³/mol. The quantitative estimate of drug-likeness (QED) is 0.690. The van der Waals surface area contributed by atoms with Crippen LogP contribution in [0.3, 0.4) is 0 Å². The third-order valence-corrected chi connectivity index (χ3v) is 3.99. The molecule has 0 fully saturated rings. The smallest absolute Gasteiger partial charge is 0.330 e. The van der Waals surface area contributed by atoms with Gasteiger partial charge in [0.2, 0.25) is 0 Å². The van der Waals surface area contributed by atoms with Gasteiger partial charge in [-0.3, -0.25) is 0 Å². The van der Waals surface area contributed by atoms with E-state index in [1.807, 2.05) is 7.05 Å². The fourth-order valence-corrected chi connectivity index (χ4v) is 3.05. The number of nitrogens with two attached hydrogens (primary N) is 1. The van der Waals surface area contributed by atoms with E-state index >= 15 is 0 Å². The molecule has 3 rings (SSSR count). The number of H-pyrrole nitrogens is 1. The number of aromatic nitrogens is 4. The van der Waals surface area contributed by atoms with E-state index in [0.29, 0.717) is 6.54 Å². The first kappa shape index (κ1) is 11.3. The maximum Gasteiger partial charge on any atom is 0.331 e. The van der Waals surface area contributed by atoms with Gasteiger partial charge in [-0.2, -0.15) is 4.68 Å². The maximum absolute atomic E-state index is 5.64. The third kappa shape index (κ3) is 1.79. The summed E-state index contributed by atoms with van der Waals surface area (Å²) in [5.74, 6) is 0.835. The Balaban J connectivity index is 2.15. The second-order valence-electron chi connectivity index (χ2n) is 4.19. The Morgan fingerprint density at radius 3 is 3.06 bits per heavy atom. The van der Waals surface area contributed by atoms with Crippen LogP contribution in [0.5, 0.6) is 0 Å². The van der Waals surface area contributed by atoms with E-state index in [1.54, 1.807) is 16.0 Å². The fourth-order valence-electron chi connectivity index (χ4n) is 2.07. The molecule has 5 nitrogen and oxygen atoms in total. The van der Waals surface area contributed by atoms with Crippen molar-refractivity contribution in [3.05, 3.63) is 29.1 Å². The summed E-state index contributed by atoms with van der Waals surface area (Å²) in [6.07, 6.45) is 0.911. The number of nitrogens with one attached hydrogen (secondary N) is 1. The number of hydrogen-bond acceptors (Lipinski definition) is 4. The molecule has 0 aliphatic rings. The molecule has 0 spiro atoms. The normalized spacial score (nSPS) is 11.2. The molecule has 2 aromatic heterocycles. The number of fused-ring (bicyclic) bond motifs is 1. The van der Waals surface area contributed by atoms with Crippen LogP contribution >= 0.6 is 11.3 Å². The monoisotopic (exact) mass is 260 g/mol. The lowest BCUT2D eigenvalue weighted by atomic mass is 10.1. The molecule has 1 aromatic carbocycles. The zero-order valence-electron chi connectivity index (χ0n) is 10.1. The van der Waals surface area contributed by atoms with Crippen LogP contribution in [-0.4, -0.2) is 22.1 Å². The van der Waals surface area contributed by atoms with Gasteiger partial charge in [0, 0.05) is 4.70 Å². The summed E-state index contributed by atoms with van der Waals surface area (Å²) >= 11 is 1.76. The van der Waals surface area contributed by atoms with Crippen molar-refractivity contribution in [1.29, 1.82) is 0 Å². The number of thiophene rings is 1. The van der Waals surface area contributed by atoms with Gasteiger partial charge in [-0.1, -0.05) is 5.21 Å². The highest BCUT2D eigenvalue weighted by atomic mass is 32.1. The van der Waals surface area contributed by atoms with Gasteiger partial charge in [0.25, 0.3) is 0 Å². The lowest BCUT2D eigenvalue weighted by Gasteiger charge is -1.98. The summed E-state index contributed by atoms with van der Waals surface area (Å²) in [4.78, 5) is 0. The highest BCUT2D eigenvalue weighted by Gasteiger charge is 2.15. The molecule has 0 atom stereocenters. The molecule has 0 aliphatic heterocycles. The number of hydrogen-bond donors (Lipinski definition) is 2. The Morgan fingerprint density at radius 2 is 2.33 bits per heavy atom. The van der Waals surface area contributed by atoms with Crippen molar-refractivity contribution in [3.63, 3.8) is 0 Å². The molecule has 0 bridgehead atoms. The summed E-state index contributed by atoms with van der Waals surface area (Å²) in [5, 5.41) is 14.1. The molecule has 3 N–H and O–H groups in total. The lowest BCUT2D eigenvalue weighted by Crippen LogP contribution is -2.32. The largest absolute Gasteiger partial charge is 0.331 e. The molecule has 92 valence electrons. The van der Waals surface area contributed by atoms with Crippen LogP contribution in [0, 0.1) is 0 Å². The zero-order chi connectivity index (χ0) is 12.5. The minimum atomic E-state index is 0.674. The van der Waals surface area contributed by atoms with E-state index in [2.05, 4.69) is 39.1 Å². The second kappa shape index (κ2) is 4.47. The summed E-state index contributed by atoms with van der Waals surface area (Å²) in [7, 11) is 1.90. The van der Waals surface area contributed by atoms with Gasteiger partial charge < -0.3 is 5.73 Å². The standard InChI is InChI=1S/C12H13N5S/c1-17-12(14-15-16-17)8-2-3-11-10(6-8)9(4-5-13)7-18-11/h2-3,6-7H,4-5,13H2,1H3/p+1. The van der Waals surface area contributed by atoms with Crippen LogP contribution in [0.15, 0.2) is 23.6 Å². The highest BCUT2D eigenvalue weighted by Crippen LogP contribution is 2.29. The molecule has 0 saturated carbocycles. The van der Waals surface area contributed by atoms with E-state index in [9.17, 15) is 0 Å². The van der Waals surface area contributed by atoms with E-state index in [-0.39, 0.29) is 0 Å². The van der Waals surface area contributed by atoms with Gasteiger partial charge in [0.15, 0.2) is 5.21 Å². The number of aryl methyl sites for hydroxylation is 1. The maximum atomic E-state index is 5.64. The second-order valence-corrected chi connectivity index (χ2v) is 5.10. The van der Waals surface area contributed by atoms with Gasteiger partial charge in [0.05, 0.1) is 12.6 Å². The highest BCUT2D eigenvalue weighted by molar-refractivity contribution is 7.17. The van der Waals surface area contributed by atoms with E-state index < -0.39 is 0 Å². The van der Waals surface area contributed by atoms with Crippen LogP contribution in [0.2, 0.25) is 0 Å². The van der Waals surface area contributed by atoms with Gasteiger partial charge >= 0.3 is 5.82 Å². The first-order valence-electron chi connectivity index (χ1n) is 5.77. The first-order chi connectivity index (χ1) is 8.79. The van der Waals surface area contributed by atoms with E-state index in [1.165, 1.54) is 15.6 Å². The summed E-state index contributed by atoms with van der Waals surface area (Å²) < 4.78 is 3.09.